The lowest BCUT2D eigenvalue weighted by atomic mass is 9.96. The predicted octanol–water partition coefficient (Wildman–Crippen LogP) is 4.85. The molecule has 30 heavy (non-hydrogen) atoms. The first-order valence-electron chi connectivity index (χ1n) is 9.95. The summed E-state index contributed by atoms with van der Waals surface area (Å²) in [5, 5.41) is 12.2. The summed E-state index contributed by atoms with van der Waals surface area (Å²) in [5.74, 6) is 0.561. The Hall–Kier alpha value is -3.46. The number of hydrogen-bond donors (Lipinski definition) is 1. The number of nitrogens with one attached hydrogen (secondary N) is 1. The summed E-state index contributed by atoms with van der Waals surface area (Å²) < 4.78 is 16.7. The predicted molar refractivity (Wildman–Crippen MR) is 117 cm³/mol. The van der Waals surface area contributed by atoms with Crippen LogP contribution >= 0.6 is 0 Å². The van der Waals surface area contributed by atoms with E-state index in [0.29, 0.717) is 47.1 Å². The van der Waals surface area contributed by atoms with E-state index in [9.17, 15) is 4.79 Å². The van der Waals surface area contributed by atoms with E-state index in [-0.39, 0.29) is 0 Å². The molecular formula is C24H28N2O4. The number of benzene rings is 2. The Morgan fingerprint density at radius 3 is 2.40 bits per heavy atom. The minimum absolute atomic E-state index is 0.412. The van der Waals surface area contributed by atoms with Crippen molar-refractivity contribution in [2.45, 2.75) is 33.2 Å². The van der Waals surface area contributed by atoms with Crippen LogP contribution in [-0.2, 0) is 20.7 Å². The lowest BCUT2D eigenvalue weighted by molar-refractivity contribution is -0.141. The average Bonchev–Trinajstić information content (AvgIpc) is 2.77. The van der Waals surface area contributed by atoms with Crippen molar-refractivity contribution >= 4 is 17.4 Å². The Balaban J connectivity index is 2.62. The second-order valence-corrected chi connectivity index (χ2v) is 6.49. The Morgan fingerprint density at radius 1 is 1.17 bits per heavy atom. The number of hydrogen-bond acceptors (Lipinski definition) is 6. The topological polar surface area (TPSA) is 80.6 Å². The van der Waals surface area contributed by atoms with E-state index in [1.165, 1.54) is 7.11 Å². The minimum Gasteiger partial charge on any atom is -0.494 e. The SMILES string of the molecule is C=C(OCC)c1cc(CC)cc(C(Nc2ccc(C#N)cc2)C(=O)OC)c1OCC. The molecule has 0 amide bonds. The molecule has 0 fully saturated rings. The molecule has 0 radical (unpaired) electrons. The van der Waals surface area contributed by atoms with Gasteiger partial charge in [0.25, 0.3) is 0 Å². The molecule has 0 aliphatic carbocycles. The van der Waals surface area contributed by atoms with Crippen LogP contribution in [0.25, 0.3) is 5.76 Å². The zero-order valence-electron chi connectivity index (χ0n) is 18.0. The van der Waals surface area contributed by atoms with Crippen LogP contribution in [-0.4, -0.2) is 26.3 Å². The third kappa shape index (κ3) is 5.32. The second kappa shape index (κ2) is 10.9. The van der Waals surface area contributed by atoms with Gasteiger partial charge in [0.15, 0.2) is 6.04 Å². The maximum atomic E-state index is 12.8. The Kier molecular flexibility index (Phi) is 8.30. The molecule has 2 rings (SSSR count). The van der Waals surface area contributed by atoms with Crippen molar-refractivity contribution in [3.05, 3.63) is 65.2 Å². The molecule has 158 valence electrons. The Morgan fingerprint density at radius 2 is 1.87 bits per heavy atom. The zero-order chi connectivity index (χ0) is 22.1. The van der Waals surface area contributed by atoms with Gasteiger partial charge >= 0.3 is 5.97 Å². The molecule has 1 atom stereocenters. The molecular weight excluding hydrogens is 380 g/mol. The normalized spacial score (nSPS) is 11.2. The highest BCUT2D eigenvalue weighted by atomic mass is 16.5. The number of aryl methyl sites for hydroxylation is 1. The highest BCUT2D eigenvalue weighted by Crippen LogP contribution is 2.37. The molecule has 0 saturated carbocycles. The number of nitriles is 1. The number of carbonyl (C=O) groups is 1. The van der Waals surface area contributed by atoms with Crippen LogP contribution in [0.15, 0.2) is 43.0 Å². The maximum absolute atomic E-state index is 12.8. The molecule has 0 aromatic heterocycles. The fourth-order valence-corrected chi connectivity index (χ4v) is 3.09. The first kappa shape index (κ1) is 22.8. The van der Waals surface area contributed by atoms with Crippen molar-refractivity contribution in [1.82, 2.24) is 0 Å². The Labute approximate surface area is 178 Å². The van der Waals surface area contributed by atoms with E-state index in [4.69, 9.17) is 19.5 Å². The van der Waals surface area contributed by atoms with Crippen LogP contribution < -0.4 is 10.1 Å². The van der Waals surface area contributed by atoms with Gasteiger partial charge in [0.05, 0.1) is 37.5 Å². The molecule has 2 aromatic rings. The van der Waals surface area contributed by atoms with Crippen LogP contribution in [0, 0.1) is 11.3 Å². The maximum Gasteiger partial charge on any atom is 0.333 e. The first-order chi connectivity index (χ1) is 14.5. The number of anilines is 1. The van der Waals surface area contributed by atoms with Gasteiger partial charge in [0.1, 0.15) is 11.5 Å². The van der Waals surface area contributed by atoms with Crippen LogP contribution in [0.4, 0.5) is 5.69 Å². The van der Waals surface area contributed by atoms with Crippen molar-refractivity contribution in [3.63, 3.8) is 0 Å². The van der Waals surface area contributed by atoms with Gasteiger partial charge in [-0.1, -0.05) is 13.5 Å². The molecule has 2 aromatic carbocycles. The highest BCUT2D eigenvalue weighted by Gasteiger charge is 2.28. The number of carbonyl (C=O) groups excluding carboxylic acids is 1. The standard InChI is InChI=1S/C24H28N2O4/c1-6-17-13-20(16(4)29-7-2)23(30-8-3)21(14-17)22(24(27)28-5)26-19-11-9-18(15-25)10-12-19/h9-14,22,26H,4,6-8H2,1-3,5H3. The third-order valence-electron chi connectivity index (χ3n) is 4.57. The highest BCUT2D eigenvalue weighted by molar-refractivity contribution is 5.83. The first-order valence-corrected chi connectivity index (χ1v) is 9.95. The summed E-state index contributed by atoms with van der Waals surface area (Å²) in [6.07, 6.45) is 0.760. The quantitative estimate of drug-likeness (QED) is 0.447. The third-order valence-corrected chi connectivity index (χ3v) is 4.57. The fraction of sp³-hybridized carbons (Fsp3) is 0.333. The van der Waals surface area contributed by atoms with Crippen molar-refractivity contribution in [2.24, 2.45) is 0 Å². The molecule has 1 unspecified atom stereocenters. The van der Waals surface area contributed by atoms with Gasteiger partial charge in [-0.3, -0.25) is 0 Å². The molecule has 0 aliphatic heterocycles. The number of nitrogens with zero attached hydrogens (tertiary/aromatic N) is 1. The smallest absolute Gasteiger partial charge is 0.333 e. The zero-order valence-corrected chi connectivity index (χ0v) is 18.0. The van der Waals surface area contributed by atoms with Crippen molar-refractivity contribution in [2.75, 3.05) is 25.6 Å². The van der Waals surface area contributed by atoms with E-state index in [2.05, 4.69) is 18.0 Å². The average molecular weight is 408 g/mol. The summed E-state index contributed by atoms with van der Waals surface area (Å²) in [5.41, 5.74) is 3.58. The number of esters is 1. The van der Waals surface area contributed by atoms with Crippen molar-refractivity contribution < 1.29 is 19.0 Å². The van der Waals surface area contributed by atoms with Crippen molar-refractivity contribution in [1.29, 1.82) is 5.26 Å². The lowest BCUT2D eigenvalue weighted by Gasteiger charge is -2.24. The van der Waals surface area contributed by atoms with Crippen molar-refractivity contribution in [3.8, 4) is 11.8 Å². The molecule has 6 heteroatoms. The van der Waals surface area contributed by atoms with Gasteiger partial charge in [-0.2, -0.15) is 5.26 Å². The van der Waals surface area contributed by atoms with Crippen LogP contribution in [0.2, 0.25) is 0 Å². The fourth-order valence-electron chi connectivity index (χ4n) is 3.09. The summed E-state index contributed by atoms with van der Waals surface area (Å²) in [6, 6.07) is 12.0. The van der Waals surface area contributed by atoms with E-state index < -0.39 is 12.0 Å². The summed E-state index contributed by atoms with van der Waals surface area (Å²) >= 11 is 0. The van der Waals surface area contributed by atoms with E-state index in [0.717, 1.165) is 12.0 Å². The monoisotopic (exact) mass is 408 g/mol. The summed E-state index contributed by atoms with van der Waals surface area (Å²) in [6.45, 7) is 10.7. The van der Waals surface area contributed by atoms with E-state index in [1.807, 2.05) is 32.9 Å². The van der Waals surface area contributed by atoms with Crippen LogP contribution in [0.3, 0.4) is 0 Å². The molecule has 0 saturated heterocycles. The van der Waals surface area contributed by atoms with Crippen LogP contribution in [0.5, 0.6) is 5.75 Å². The molecule has 0 heterocycles. The molecule has 0 spiro atoms. The van der Waals surface area contributed by atoms with Gasteiger partial charge in [-0.05, 0) is 62.2 Å². The summed E-state index contributed by atoms with van der Waals surface area (Å²) in [4.78, 5) is 12.8. The number of rotatable bonds is 10. The van der Waals surface area contributed by atoms with Gasteiger partial charge in [0, 0.05) is 11.3 Å². The molecule has 1 N–H and O–H groups in total. The van der Waals surface area contributed by atoms with Gasteiger partial charge < -0.3 is 19.5 Å². The second-order valence-electron chi connectivity index (χ2n) is 6.49. The van der Waals surface area contributed by atoms with Crippen LogP contribution in [0.1, 0.15) is 49.1 Å². The summed E-state index contributed by atoms with van der Waals surface area (Å²) in [7, 11) is 1.35. The molecule has 6 nitrogen and oxygen atoms in total. The van der Waals surface area contributed by atoms with E-state index in [1.54, 1.807) is 24.3 Å². The minimum atomic E-state index is -0.816. The van der Waals surface area contributed by atoms with E-state index >= 15 is 0 Å². The molecule has 0 bridgehead atoms. The van der Waals surface area contributed by atoms with Gasteiger partial charge in [-0.15, -0.1) is 0 Å². The number of methoxy groups -OCH3 is 1. The van der Waals surface area contributed by atoms with Gasteiger partial charge in [0.2, 0.25) is 0 Å². The molecule has 0 aliphatic rings. The lowest BCUT2D eigenvalue weighted by Crippen LogP contribution is -2.24. The number of ether oxygens (including phenoxy) is 3. The Bertz CT molecular complexity index is 929. The van der Waals surface area contributed by atoms with Gasteiger partial charge in [-0.25, -0.2) is 4.79 Å². The largest absolute Gasteiger partial charge is 0.494 e.